The molecule has 0 saturated heterocycles. The van der Waals surface area contributed by atoms with Crippen molar-refractivity contribution in [1.29, 1.82) is 0 Å². The van der Waals surface area contributed by atoms with E-state index in [1.165, 1.54) is 19.1 Å². The zero-order valence-electron chi connectivity index (χ0n) is 14.3. The molecule has 3 rings (SSSR count). The van der Waals surface area contributed by atoms with Crippen LogP contribution >= 0.6 is 0 Å². The number of hydrogen-bond acceptors (Lipinski definition) is 7. The molecule has 0 fully saturated rings. The number of nitro benzene ring substituents is 1. The number of amides is 1. The second kappa shape index (κ2) is 7.73. The van der Waals surface area contributed by atoms with Crippen LogP contribution in [0.4, 0.5) is 5.69 Å². The fraction of sp³-hybridized carbons (Fsp3) is 0.222. The molecule has 0 unspecified atom stereocenters. The number of hydrogen-bond donors (Lipinski definition) is 1. The monoisotopic (exact) mass is 372 g/mol. The molecule has 27 heavy (non-hydrogen) atoms. The van der Waals surface area contributed by atoms with Gasteiger partial charge >= 0.3 is 0 Å². The van der Waals surface area contributed by atoms with Crippen molar-refractivity contribution < 1.29 is 28.7 Å². The molecule has 1 amide bonds. The van der Waals surface area contributed by atoms with Crippen molar-refractivity contribution in [3.8, 4) is 17.2 Å². The van der Waals surface area contributed by atoms with E-state index in [0.717, 1.165) is 11.6 Å². The van der Waals surface area contributed by atoms with Gasteiger partial charge in [0.1, 0.15) is 5.75 Å². The largest absolute Gasteiger partial charge is 0.480 e. The Morgan fingerprint density at radius 2 is 2.07 bits per heavy atom. The third-order valence-electron chi connectivity index (χ3n) is 3.91. The Labute approximate surface area is 154 Å². The molecule has 0 bridgehead atoms. The van der Waals surface area contributed by atoms with E-state index in [1.54, 1.807) is 18.2 Å². The van der Waals surface area contributed by atoms with Gasteiger partial charge in [0.2, 0.25) is 6.79 Å². The van der Waals surface area contributed by atoms with E-state index in [9.17, 15) is 19.7 Å². The van der Waals surface area contributed by atoms with Crippen molar-refractivity contribution in [1.82, 2.24) is 5.32 Å². The van der Waals surface area contributed by atoms with E-state index in [4.69, 9.17) is 14.2 Å². The van der Waals surface area contributed by atoms with Gasteiger partial charge in [0.15, 0.2) is 23.9 Å². The molecule has 1 N–H and O–H groups in total. The normalized spacial score (nSPS) is 12.9. The van der Waals surface area contributed by atoms with Gasteiger partial charge < -0.3 is 19.5 Å². The lowest BCUT2D eigenvalue weighted by Gasteiger charge is -2.16. The van der Waals surface area contributed by atoms with Gasteiger partial charge in [-0.25, -0.2) is 0 Å². The molecule has 2 aromatic carbocycles. The predicted octanol–water partition coefficient (Wildman–Crippen LogP) is 2.22. The molecule has 0 spiro atoms. The SMILES string of the molecule is C[C@H](Oc1ccc([N+](=O)[O-])cc1C=O)C(=O)NCc1ccc2c(c1)OCO2. The second-order valence-corrected chi connectivity index (χ2v) is 5.76. The van der Waals surface area contributed by atoms with E-state index >= 15 is 0 Å². The fourth-order valence-electron chi connectivity index (χ4n) is 2.48. The summed E-state index contributed by atoms with van der Waals surface area (Å²) in [5, 5.41) is 13.5. The number of nitrogens with zero attached hydrogens (tertiary/aromatic N) is 1. The molecular formula is C18H16N2O7. The van der Waals surface area contributed by atoms with Crippen LogP contribution in [-0.2, 0) is 11.3 Å². The standard InChI is InChI=1S/C18H16N2O7/c1-11(27-15-5-3-14(20(23)24)7-13(15)9-21)18(22)19-8-12-2-4-16-17(6-12)26-10-25-16/h2-7,9,11H,8,10H2,1H3,(H,19,22)/t11-/m0/s1. The maximum atomic E-state index is 12.2. The lowest BCUT2D eigenvalue weighted by atomic mass is 10.2. The molecule has 0 aromatic heterocycles. The van der Waals surface area contributed by atoms with E-state index in [2.05, 4.69) is 5.32 Å². The summed E-state index contributed by atoms with van der Waals surface area (Å²) in [6.07, 6.45) is -0.460. The topological polar surface area (TPSA) is 117 Å². The lowest BCUT2D eigenvalue weighted by molar-refractivity contribution is -0.384. The average molecular weight is 372 g/mol. The minimum atomic E-state index is -0.904. The molecule has 9 nitrogen and oxygen atoms in total. The van der Waals surface area contributed by atoms with E-state index in [0.29, 0.717) is 17.8 Å². The molecule has 0 radical (unpaired) electrons. The Kier molecular flexibility index (Phi) is 5.20. The number of carbonyl (C=O) groups is 2. The third kappa shape index (κ3) is 4.14. The molecule has 0 saturated carbocycles. The van der Waals surface area contributed by atoms with Crippen LogP contribution in [0.5, 0.6) is 17.2 Å². The first-order valence-corrected chi connectivity index (χ1v) is 8.04. The van der Waals surface area contributed by atoms with E-state index in [1.807, 2.05) is 0 Å². The highest BCUT2D eigenvalue weighted by Gasteiger charge is 2.19. The minimum Gasteiger partial charge on any atom is -0.480 e. The number of carbonyl (C=O) groups excluding carboxylic acids is 2. The summed E-state index contributed by atoms with van der Waals surface area (Å²) in [7, 11) is 0. The number of ether oxygens (including phenoxy) is 3. The maximum absolute atomic E-state index is 12.2. The number of rotatable bonds is 7. The Balaban J connectivity index is 1.60. The van der Waals surface area contributed by atoms with Crippen molar-refractivity contribution in [2.75, 3.05) is 6.79 Å². The zero-order chi connectivity index (χ0) is 19.4. The molecule has 9 heteroatoms. The average Bonchev–Trinajstić information content (AvgIpc) is 3.13. The van der Waals surface area contributed by atoms with Crippen LogP contribution < -0.4 is 19.5 Å². The number of fused-ring (bicyclic) bond motifs is 1. The predicted molar refractivity (Wildman–Crippen MR) is 93.0 cm³/mol. The van der Waals surface area contributed by atoms with E-state index < -0.39 is 16.9 Å². The molecule has 140 valence electrons. The van der Waals surface area contributed by atoms with E-state index in [-0.39, 0.29) is 30.3 Å². The van der Waals surface area contributed by atoms with Crippen LogP contribution in [0.25, 0.3) is 0 Å². The van der Waals surface area contributed by atoms with Crippen molar-refractivity contribution in [2.45, 2.75) is 19.6 Å². The van der Waals surface area contributed by atoms with Crippen LogP contribution in [0.15, 0.2) is 36.4 Å². The van der Waals surface area contributed by atoms with Crippen LogP contribution in [0.2, 0.25) is 0 Å². The molecule has 1 aliphatic heterocycles. The van der Waals surface area contributed by atoms with Crippen molar-refractivity contribution in [3.63, 3.8) is 0 Å². The number of non-ortho nitro benzene ring substituents is 1. The van der Waals surface area contributed by atoms with Crippen LogP contribution in [-0.4, -0.2) is 30.0 Å². The summed E-state index contributed by atoms with van der Waals surface area (Å²) in [5.74, 6) is 0.970. The first kappa shape index (κ1) is 18.2. The highest BCUT2D eigenvalue weighted by atomic mass is 16.7. The minimum absolute atomic E-state index is 0.000351. The summed E-state index contributed by atoms with van der Waals surface area (Å²) < 4.78 is 16.0. The quantitative estimate of drug-likeness (QED) is 0.450. The highest BCUT2D eigenvalue weighted by molar-refractivity contribution is 5.83. The van der Waals surface area contributed by atoms with Crippen molar-refractivity contribution >= 4 is 17.9 Å². The molecule has 1 heterocycles. The Hall–Kier alpha value is -3.62. The second-order valence-electron chi connectivity index (χ2n) is 5.76. The van der Waals surface area contributed by atoms with Gasteiger partial charge in [-0.15, -0.1) is 0 Å². The van der Waals surface area contributed by atoms with Gasteiger partial charge in [0.05, 0.1) is 10.5 Å². The Bertz CT molecular complexity index is 897. The summed E-state index contributed by atoms with van der Waals surface area (Å²) in [5.41, 5.74) is 0.590. The molecule has 1 aliphatic rings. The summed E-state index contributed by atoms with van der Waals surface area (Å²) in [6, 6.07) is 8.94. The van der Waals surface area contributed by atoms with Gasteiger partial charge in [-0.3, -0.25) is 19.7 Å². The number of nitrogens with one attached hydrogen (secondary N) is 1. The maximum Gasteiger partial charge on any atom is 0.270 e. The van der Waals surface area contributed by atoms with Gasteiger partial charge in [-0.2, -0.15) is 0 Å². The first-order valence-electron chi connectivity index (χ1n) is 8.04. The third-order valence-corrected chi connectivity index (χ3v) is 3.91. The summed E-state index contributed by atoms with van der Waals surface area (Å²) in [6.45, 7) is 1.94. The first-order chi connectivity index (χ1) is 13.0. The number of benzene rings is 2. The fourth-order valence-corrected chi connectivity index (χ4v) is 2.48. The van der Waals surface area contributed by atoms with Crippen molar-refractivity contribution in [3.05, 3.63) is 57.6 Å². The van der Waals surface area contributed by atoms with Gasteiger partial charge in [0, 0.05) is 18.7 Å². The highest BCUT2D eigenvalue weighted by Crippen LogP contribution is 2.32. The van der Waals surface area contributed by atoms with Gasteiger partial charge in [-0.05, 0) is 30.7 Å². The Morgan fingerprint density at radius 3 is 2.81 bits per heavy atom. The molecule has 1 atom stereocenters. The van der Waals surface area contributed by atoms with Gasteiger partial charge in [-0.1, -0.05) is 6.07 Å². The molecule has 2 aromatic rings. The van der Waals surface area contributed by atoms with Crippen molar-refractivity contribution in [2.24, 2.45) is 0 Å². The lowest BCUT2D eigenvalue weighted by Crippen LogP contribution is -2.36. The Morgan fingerprint density at radius 1 is 1.30 bits per heavy atom. The van der Waals surface area contributed by atoms with Crippen LogP contribution in [0, 0.1) is 10.1 Å². The van der Waals surface area contributed by atoms with Crippen LogP contribution in [0.1, 0.15) is 22.8 Å². The summed E-state index contributed by atoms with van der Waals surface area (Å²) >= 11 is 0. The molecular weight excluding hydrogens is 356 g/mol. The smallest absolute Gasteiger partial charge is 0.270 e. The van der Waals surface area contributed by atoms with Gasteiger partial charge in [0.25, 0.3) is 11.6 Å². The van der Waals surface area contributed by atoms with Crippen LogP contribution in [0.3, 0.4) is 0 Å². The zero-order valence-corrected chi connectivity index (χ0v) is 14.3. The molecule has 0 aliphatic carbocycles. The number of aldehydes is 1. The number of nitro groups is 1. The summed E-state index contributed by atoms with van der Waals surface area (Å²) in [4.78, 5) is 33.5.